The zero-order chi connectivity index (χ0) is 14.8. The van der Waals surface area contributed by atoms with Gasteiger partial charge < -0.3 is 20.1 Å². The van der Waals surface area contributed by atoms with Gasteiger partial charge in [0.25, 0.3) is 0 Å². The fraction of sp³-hybridized carbons (Fsp3) is 0.667. The van der Waals surface area contributed by atoms with Gasteiger partial charge in [-0.15, -0.1) is 0 Å². The summed E-state index contributed by atoms with van der Waals surface area (Å²) in [6.45, 7) is 7.33. The molecular formula is C15H27N3O2. The largest absolute Gasteiger partial charge is 0.382 e. The van der Waals surface area contributed by atoms with Crippen molar-refractivity contribution in [2.24, 2.45) is 0 Å². The van der Waals surface area contributed by atoms with Crippen LogP contribution in [0, 0.1) is 6.92 Å². The Balaban J connectivity index is 2.56. The van der Waals surface area contributed by atoms with E-state index in [1.807, 2.05) is 6.92 Å². The Morgan fingerprint density at radius 1 is 1.30 bits per heavy atom. The summed E-state index contributed by atoms with van der Waals surface area (Å²) in [7, 11) is 3.36. The normalized spacial score (nSPS) is 12.4. The summed E-state index contributed by atoms with van der Waals surface area (Å²) in [5.41, 5.74) is 2.26. The average molecular weight is 281 g/mol. The van der Waals surface area contributed by atoms with Crippen LogP contribution in [-0.2, 0) is 16.0 Å². The number of methoxy groups -OCH3 is 2. The smallest absolute Gasteiger partial charge is 0.126 e. The number of hydrogen-bond donors (Lipinski definition) is 2. The van der Waals surface area contributed by atoms with Crippen molar-refractivity contribution in [2.45, 2.75) is 32.9 Å². The molecule has 114 valence electrons. The molecule has 1 aromatic rings. The molecule has 1 aromatic heterocycles. The second-order valence-electron chi connectivity index (χ2n) is 4.87. The summed E-state index contributed by atoms with van der Waals surface area (Å²) in [5, 5.41) is 6.71. The van der Waals surface area contributed by atoms with Gasteiger partial charge in [0.05, 0.1) is 12.7 Å². The third-order valence-electron chi connectivity index (χ3n) is 2.97. The minimum atomic E-state index is 0.0315. The molecule has 0 aromatic carbocycles. The fourth-order valence-corrected chi connectivity index (χ4v) is 1.96. The van der Waals surface area contributed by atoms with Gasteiger partial charge >= 0.3 is 0 Å². The average Bonchev–Trinajstić information content (AvgIpc) is 2.43. The number of anilines is 1. The van der Waals surface area contributed by atoms with Crippen molar-refractivity contribution < 1.29 is 9.47 Å². The van der Waals surface area contributed by atoms with E-state index in [1.54, 1.807) is 14.2 Å². The molecule has 2 N–H and O–H groups in total. The lowest BCUT2D eigenvalue weighted by Crippen LogP contribution is -2.27. The van der Waals surface area contributed by atoms with Gasteiger partial charge in [-0.3, -0.25) is 0 Å². The molecule has 5 nitrogen and oxygen atoms in total. The topological polar surface area (TPSA) is 55.4 Å². The quantitative estimate of drug-likeness (QED) is 0.642. The van der Waals surface area contributed by atoms with E-state index in [9.17, 15) is 0 Å². The number of aromatic nitrogens is 1. The van der Waals surface area contributed by atoms with Gasteiger partial charge in [0.2, 0.25) is 0 Å². The highest BCUT2D eigenvalue weighted by molar-refractivity contribution is 5.39. The van der Waals surface area contributed by atoms with Crippen molar-refractivity contribution in [3.05, 3.63) is 23.4 Å². The fourth-order valence-electron chi connectivity index (χ4n) is 1.96. The standard InChI is InChI=1S/C15H27N3O2/c1-5-6-16-9-13-7-12(2)18-15(8-13)17-10-14(20-4)11-19-3/h7-8,14,16H,5-6,9-11H2,1-4H3,(H,17,18). The molecule has 0 amide bonds. The van der Waals surface area contributed by atoms with Gasteiger partial charge in [-0.05, 0) is 37.6 Å². The highest BCUT2D eigenvalue weighted by atomic mass is 16.5. The summed E-state index contributed by atoms with van der Waals surface area (Å²) in [5.74, 6) is 0.886. The first-order chi connectivity index (χ1) is 9.69. The van der Waals surface area contributed by atoms with Crippen LogP contribution in [0.2, 0.25) is 0 Å². The first-order valence-electron chi connectivity index (χ1n) is 7.13. The van der Waals surface area contributed by atoms with Crippen LogP contribution in [0.15, 0.2) is 12.1 Å². The molecule has 20 heavy (non-hydrogen) atoms. The van der Waals surface area contributed by atoms with Gasteiger partial charge in [-0.2, -0.15) is 0 Å². The van der Waals surface area contributed by atoms with Crippen LogP contribution in [-0.4, -0.2) is 45.0 Å². The first kappa shape index (κ1) is 16.9. The molecule has 0 radical (unpaired) electrons. The zero-order valence-corrected chi connectivity index (χ0v) is 13.0. The summed E-state index contributed by atoms with van der Waals surface area (Å²) in [4.78, 5) is 4.49. The monoisotopic (exact) mass is 281 g/mol. The van der Waals surface area contributed by atoms with Crippen molar-refractivity contribution in [3.8, 4) is 0 Å². The molecule has 1 heterocycles. The predicted octanol–water partition coefficient (Wildman–Crippen LogP) is 1.96. The number of rotatable bonds is 10. The minimum absolute atomic E-state index is 0.0315. The van der Waals surface area contributed by atoms with Crippen LogP contribution in [0.4, 0.5) is 5.82 Å². The zero-order valence-electron chi connectivity index (χ0n) is 13.0. The van der Waals surface area contributed by atoms with Gasteiger partial charge in [0.15, 0.2) is 0 Å². The number of pyridine rings is 1. The van der Waals surface area contributed by atoms with Crippen molar-refractivity contribution in [2.75, 3.05) is 39.2 Å². The number of nitrogens with zero attached hydrogens (tertiary/aromatic N) is 1. The molecule has 1 rings (SSSR count). The highest BCUT2D eigenvalue weighted by Crippen LogP contribution is 2.10. The molecule has 0 saturated heterocycles. The molecule has 0 spiro atoms. The molecule has 0 bridgehead atoms. The molecule has 1 atom stereocenters. The van der Waals surface area contributed by atoms with Gasteiger partial charge in [-0.25, -0.2) is 4.98 Å². The van der Waals surface area contributed by atoms with Gasteiger partial charge in [0, 0.05) is 33.0 Å². The molecule has 5 heteroatoms. The van der Waals surface area contributed by atoms with Crippen LogP contribution >= 0.6 is 0 Å². The third-order valence-corrected chi connectivity index (χ3v) is 2.97. The number of nitrogens with one attached hydrogen (secondary N) is 2. The Morgan fingerprint density at radius 2 is 2.10 bits per heavy atom. The van der Waals surface area contributed by atoms with E-state index in [1.165, 1.54) is 5.56 Å². The second kappa shape index (κ2) is 9.69. The van der Waals surface area contributed by atoms with Crippen LogP contribution in [0.5, 0.6) is 0 Å². The lowest BCUT2D eigenvalue weighted by atomic mass is 10.2. The van der Waals surface area contributed by atoms with E-state index in [0.717, 1.165) is 31.0 Å². The van der Waals surface area contributed by atoms with Gasteiger partial charge in [-0.1, -0.05) is 6.92 Å². The number of hydrogen-bond acceptors (Lipinski definition) is 5. The SMILES string of the molecule is CCCNCc1cc(C)nc(NCC(COC)OC)c1. The molecular weight excluding hydrogens is 254 g/mol. The lowest BCUT2D eigenvalue weighted by Gasteiger charge is -2.16. The molecule has 0 aliphatic heterocycles. The summed E-state index contributed by atoms with van der Waals surface area (Å²) < 4.78 is 10.4. The predicted molar refractivity (Wildman–Crippen MR) is 82.1 cm³/mol. The van der Waals surface area contributed by atoms with E-state index in [2.05, 4.69) is 34.7 Å². The highest BCUT2D eigenvalue weighted by Gasteiger charge is 2.07. The Kier molecular flexibility index (Phi) is 8.18. The molecule has 0 saturated carbocycles. The maximum absolute atomic E-state index is 5.32. The van der Waals surface area contributed by atoms with E-state index >= 15 is 0 Å². The van der Waals surface area contributed by atoms with E-state index < -0.39 is 0 Å². The van der Waals surface area contributed by atoms with Crippen molar-refractivity contribution in [3.63, 3.8) is 0 Å². The van der Waals surface area contributed by atoms with Crippen LogP contribution < -0.4 is 10.6 Å². The Labute approximate surface area is 122 Å². The molecule has 0 fully saturated rings. The van der Waals surface area contributed by atoms with Crippen LogP contribution in [0.1, 0.15) is 24.6 Å². The van der Waals surface area contributed by atoms with Crippen molar-refractivity contribution in [1.29, 1.82) is 0 Å². The van der Waals surface area contributed by atoms with Crippen LogP contribution in [0.25, 0.3) is 0 Å². The Hall–Kier alpha value is -1.17. The Bertz CT molecular complexity index is 385. The molecule has 1 unspecified atom stereocenters. The van der Waals surface area contributed by atoms with E-state index in [4.69, 9.17) is 9.47 Å². The van der Waals surface area contributed by atoms with Gasteiger partial charge in [0.1, 0.15) is 5.82 Å². The van der Waals surface area contributed by atoms with Crippen LogP contribution in [0.3, 0.4) is 0 Å². The second-order valence-corrected chi connectivity index (χ2v) is 4.87. The molecule has 0 aliphatic carbocycles. The summed E-state index contributed by atoms with van der Waals surface area (Å²) >= 11 is 0. The lowest BCUT2D eigenvalue weighted by molar-refractivity contribution is 0.0365. The first-order valence-corrected chi connectivity index (χ1v) is 7.13. The number of aryl methyl sites for hydroxylation is 1. The maximum Gasteiger partial charge on any atom is 0.126 e. The Morgan fingerprint density at radius 3 is 2.75 bits per heavy atom. The number of ether oxygens (including phenoxy) is 2. The molecule has 0 aliphatic rings. The summed E-state index contributed by atoms with van der Waals surface area (Å²) in [6.07, 6.45) is 1.17. The summed E-state index contributed by atoms with van der Waals surface area (Å²) in [6, 6.07) is 4.19. The van der Waals surface area contributed by atoms with Crippen molar-refractivity contribution in [1.82, 2.24) is 10.3 Å². The van der Waals surface area contributed by atoms with E-state index in [-0.39, 0.29) is 6.10 Å². The van der Waals surface area contributed by atoms with E-state index in [0.29, 0.717) is 13.2 Å². The van der Waals surface area contributed by atoms with Crippen molar-refractivity contribution >= 4 is 5.82 Å². The third kappa shape index (κ3) is 6.32. The minimum Gasteiger partial charge on any atom is -0.382 e. The maximum atomic E-state index is 5.32.